The predicted molar refractivity (Wildman–Crippen MR) is 400 cm³/mol. The van der Waals surface area contributed by atoms with Crippen LogP contribution in [-0.2, 0) is 44.9 Å². The molecule has 8 atom stereocenters. The van der Waals surface area contributed by atoms with Crippen molar-refractivity contribution in [1.29, 1.82) is 0 Å². The Balaban J connectivity index is 0.000000269. The zero-order chi connectivity index (χ0) is 69.7. The molecule has 8 unspecified atom stereocenters. The largest absolute Gasteiger partial charge is 0.508 e. The van der Waals surface area contributed by atoms with Crippen molar-refractivity contribution in [2.24, 2.45) is 92.7 Å². The van der Waals surface area contributed by atoms with Gasteiger partial charge in [0.15, 0.2) is 0 Å². The maximum Gasteiger partial charge on any atom is 0.223 e. The Morgan fingerprint density at radius 3 is 1.01 bits per heavy atom. The fraction of sp³-hybridized carbons (Fsp3) is 0.671. The van der Waals surface area contributed by atoms with Gasteiger partial charge in [0.05, 0.1) is 7.11 Å². The number of phenolic OH excluding ortho intramolecular Hbond substituents is 1. The van der Waals surface area contributed by atoms with Crippen LogP contribution in [0, 0.1) is 113 Å². The summed E-state index contributed by atoms with van der Waals surface area (Å²) in [5, 5.41) is 22.5. The molecule has 4 fully saturated rings. The number of hydrogen-bond donors (Lipinski definition) is 5. The lowest BCUT2D eigenvalue weighted by Crippen LogP contribution is -2.43. The van der Waals surface area contributed by atoms with Crippen LogP contribution < -0.4 is 26.0 Å². The molecule has 0 aliphatic heterocycles. The molecule has 10 heteroatoms. The third-order valence-corrected chi connectivity index (χ3v) is 22.1. The van der Waals surface area contributed by atoms with E-state index in [1.165, 1.54) is 60.8 Å². The molecular weight excluding hydrogens is 1170 g/mol. The molecule has 4 aromatic carbocycles. The first-order valence-corrected chi connectivity index (χ1v) is 36.7. The van der Waals surface area contributed by atoms with Crippen LogP contribution in [0.5, 0.6) is 11.5 Å². The Kier molecular flexibility index (Phi) is 32.6. The quantitative estimate of drug-likeness (QED) is 0.0562. The lowest BCUT2D eigenvalue weighted by Gasteiger charge is -2.41. The van der Waals surface area contributed by atoms with Crippen molar-refractivity contribution in [3.63, 3.8) is 0 Å². The van der Waals surface area contributed by atoms with Crippen LogP contribution in [0.2, 0.25) is 0 Å². The number of ether oxygens (including phenoxy) is 1. The molecular formula is C85H136N4O6. The first kappa shape index (κ1) is 81.8. The van der Waals surface area contributed by atoms with E-state index < -0.39 is 0 Å². The van der Waals surface area contributed by atoms with Gasteiger partial charge in [0.2, 0.25) is 23.6 Å². The SMILES string of the molecule is C.CC(C)C1CCC(C)(C)CC1C(=O)NCCc1ccccc1.COc1cc(CCNC(=O)C2CC(C)(C)CCC2C(C)C)ccc1C.Cc1ccc(CCNC(=O)C2CC(C)(C)CCC2C(C)C)cc1.Cc1ccc(CCNC(=O)C2CC(C)(C)CCC2C(C)C)cc1O. The van der Waals surface area contributed by atoms with E-state index in [0.717, 1.165) is 99.7 Å². The predicted octanol–water partition coefficient (Wildman–Crippen LogP) is 19.1. The van der Waals surface area contributed by atoms with E-state index in [4.69, 9.17) is 4.74 Å². The summed E-state index contributed by atoms with van der Waals surface area (Å²) in [6, 6.07) is 30.9. The topological polar surface area (TPSA) is 146 Å². The van der Waals surface area contributed by atoms with E-state index in [-0.39, 0.29) is 65.6 Å². The van der Waals surface area contributed by atoms with Crippen molar-refractivity contribution in [2.45, 2.75) is 242 Å². The number of aryl methyl sites for hydroxylation is 3. The molecule has 4 amide bonds. The van der Waals surface area contributed by atoms with Gasteiger partial charge in [-0.2, -0.15) is 0 Å². The number of phenols is 1. The average Bonchev–Trinajstić information content (AvgIpc) is 0.842. The Morgan fingerprint density at radius 1 is 0.421 bits per heavy atom. The molecule has 0 bridgehead atoms. The number of amides is 4. The zero-order valence-corrected chi connectivity index (χ0v) is 62.7. The smallest absolute Gasteiger partial charge is 0.223 e. The van der Waals surface area contributed by atoms with Gasteiger partial charge < -0.3 is 31.1 Å². The molecule has 4 saturated carbocycles. The highest BCUT2D eigenvalue weighted by Crippen LogP contribution is 2.48. The van der Waals surface area contributed by atoms with Crippen molar-refractivity contribution in [3.05, 3.63) is 130 Å². The Morgan fingerprint density at radius 2 is 0.705 bits per heavy atom. The lowest BCUT2D eigenvalue weighted by molar-refractivity contribution is -0.131. The summed E-state index contributed by atoms with van der Waals surface area (Å²) in [6.07, 6.45) is 17.0. The number of aromatic hydroxyl groups is 1. The van der Waals surface area contributed by atoms with Crippen molar-refractivity contribution < 1.29 is 29.0 Å². The number of benzene rings is 4. The van der Waals surface area contributed by atoms with Crippen LogP contribution in [0.25, 0.3) is 0 Å². The second kappa shape index (κ2) is 37.9. The summed E-state index contributed by atoms with van der Waals surface area (Å²) in [5.74, 6) is 7.19. The maximum atomic E-state index is 12.8. The van der Waals surface area contributed by atoms with Crippen LogP contribution in [0.1, 0.15) is 234 Å². The van der Waals surface area contributed by atoms with Gasteiger partial charge in [-0.25, -0.2) is 0 Å². The van der Waals surface area contributed by atoms with E-state index >= 15 is 0 Å². The minimum Gasteiger partial charge on any atom is -0.508 e. The summed E-state index contributed by atoms with van der Waals surface area (Å²) < 4.78 is 5.38. The first-order valence-electron chi connectivity index (χ1n) is 36.7. The summed E-state index contributed by atoms with van der Waals surface area (Å²) in [7, 11) is 1.70. The summed E-state index contributed by atoms with van der Waals surface area (Å²) in [5.41, 5.74) is 9.27. The van der Waals surface area contributed by atoms with Crippen LogP contribution in [0.4, 0.5) is 0 Å². The van der Waals surface area contributed by atoms with Crippen LogP contribution in [0.15, 0.2) is 91.0 Å². The van der Waals surface area contributed by atoms with E-state index in [1.807, 2.05) is 32.0 Å². The maximum absolute atomic E-state index is 12.8. The molecule has 4 aromatic rings. The van der Waals surface area contributed by atoms with Crippen molar-refractivity contribution in [2.75, 3.05) is 33.3 Å². The second-order valence-corrected chi connectivity index (χ2v) is 33.7. The fourth-order valence-corrected chi connectivity index (χ4v) is 15.8. The molecule has 95 heavy (non-hydrogen) atoms. The van der Waals surface area contributed by atoms with Gasteiger partial charge in [0.25, 0.3) is 0 Å². The first-order chi connectivity index (χ1) is 44.1. The minimum absolute atomic E-state index is 0. The lowest BCUT2D eigenvalue weighted by atomic mass is 9.64. The van der Waals surface area contributed by atoms with Gasteiger partial charge >= 0.3 is 0 Å². The van der Waals surface area contributed by atoms with Gasteiger partial charge in [-0.3, -0.25) is 19.2 Å². The van der Waals surface area contributed by atoms with Gasteiger partial charge in [0.1, 0.15) is 11.5 Å². The highest BCUT2D eigenvalue weighted by atomic mass is 16.5. The van der Waals surface area contributed by atoms with Gasteiger partial charge in [-0.15, -0.1) is 0 Å². The van der Waals surface area contributed by atoms with Crippen molar-refractivity contribution in [1.82, 2.24) is 21.3 Å². The van der Waals surface area contributed by atoms with Gasteiger partial charge in [-0.1, -0.05) is 203 Å². The molecule has 10 nitrogen and oxygen atoms in total. The zero-order valence-electron chi connectivity index (χ0n) is 62.7. The Labute approximate surface area is 580 Å². The molecule has 4 aliphatic carbocycles. The summed E-state index contributed by atoms with van der Waals surface area (Å²) >= 11 is 0. The molecule has 4 aliphatic rings. The average molecular weight is 1310 g/mol. The third kappa shape index (κ3) is 27.0. The van der Waals surface area contributed by atoms with E-state index in [0.29, 0.717) is 77.0 Å². The Hall–Kier alpha value is -5.64. The molecule has 8 rings (SSSR count). The minimum atomic E-state index is 0. The van der Waals surface area contributed by atoms with Crippen LogP contribution >= 0.6 is 0 Å². The molecule has 0 saturated heterocycles. The van der Waals surface area contributed by atoms with Crippen LogP contribution in [0.3, 0.4) is 0 Å². The summed E-state index contributed by atoms with van der Waals surface area (Å²) in [4.78, 5) is 51.0. The number of hydrogen-bond acceptors (Lipinski definition) is 6. The molecule has 532 valence electrons. The highest BCUT2D eigenvalue weighted by molar-refractivity contribution is 5.80. The number of methoxy groups -OCH3 is 1. The van der Waals surface area contributed by atoms with Crippen molar-refractivity contribution in [3.8, 4) is 11.5 Å². The number of rotatable bonds is 21. The highest BCUT2D eigenvalue weighted by Gasteiger charge is 2.43. The standard InChI is InChI=1S/C22H35NO2.C21H33NO2.C21H33NO.C20H31NO.CH4/c1-15(2)18-9-11-22(4,5)14-19(18)21(24)23-12-10-17-8-7-16(3)20(13-17)25-6;1-14(2)17-8-10-21(4,5)13-18(17)20(24)22-11-9-16-7-6-15(3)19(23)12-16;1-15(2)18-10-12-21(4,5)14-19(18)20(23)22-13-11-17-8-6-16(3)7-9-17;1-15(2)17-10-12-20(3,4)14-18(17)19(22)21-13-11-16-8-6-5-7-9-16;/h7-8,13,15,18-19H,9-12,14H2,1-6H3,(H,23,24);6-7,12,14,17-18,23H,8-11,13H2,1-5H3,(H,22,24);6-9,15,18-19H,10-14H2,1-5H3,(H,22,23);5-9,15,17-18H,10-14H2,1-4H3,(H,21,22);1H4. The summed E-state index contributed by atoms with van der Waals surface area (Å²) in [6.45, 7) is 45.2. The molecule has 0 radical (unpaired) electrons. The third-order valence-electron chi connectivity index (χ3n) is 22.1. The number of carbonyl (C=O) groups excluding carboxylic acids is 4. The number of nitrogens with one attached hydrogen (secondary N) is 4. The van der Waals surface area contributed by atoms with Gasteiger partial charge in [0, 0.05) is 49.9 Å². The number of carbonyl (C=O) groups is 4. The molecule has 0 aromatic heterocycles. The van der Waals surface area contributed by atoms with E-state index in [9.17, 15) is 24.3 Å². The van der Waals surface area contributed by atoms with Gasteiger partial charge in [-0.05, 0) is 238 Å². The molecule has 5 N–H and O–H groups in total. The van der Waals surface area contributed by atoms with E-state index in [1.54, 1.807) is 13.2 Å². The normalized spacial score (nSPS) is 23.2. The second-order valence-electron chi connectivity index (χ2n) is 33.7. The molecule has 0 heterocycles. The van der Waals surface area contributed by atoms with E-state index in [2.05, 4.69) is 206 Å². The Bertz CT molecular complexity index is 2960. The monoisotopic (exact) mass is 1310 g/mol. The van der Waals surface area contributed by atoms with Crippen LogP contribution in [-0.4, -0.2) is 62.0 Å². The fourth-order valence-electron chi connectivity index (χ4n) is 15.8. The van der Waals surface area contributed by atoms with Crippen molar-refractivity contribution >= 4 is 23.6 Å². The molecule has 0 spiro atoms.